The van der Waals surface area contributed by atoms with E-state index in [4.69, 9.17) is 11.6 Å². The third-order valence-electron chi connectivity index (χ3n) is 5.20. The first kappa shape index (κ1) is 26.3. The minimum Gasteiger partial charge on any atom is -0.373 e. The molecule has 1 aliphatic rings. The molecular weight excluding hydrogens is 517 g/mol. The SMILES string of the molecule is C[C@@](O)(C(=O)Nc1ccc(S(=O)(=O)c2ccc(C(=O)N3CCSCC3)cc2)cc1Cl)C(F)(F)F. The molecule has 0 saturated carbocycles. The number of rotatable bonds is 5. The number of thioether (sulfide) groups is 1. The number of anilines is 1. The van der Waals surface area contributed by atoms with Crippen LogP contribution in [0.25, 0.3) is 0 Å². The average molecular weight is 537 g/mol. The Balaban J connectivity index is 1.79. The number of nitrogens with zero attached hydrogens (tertiary/aromatic N) is 1. The topological polar surface area (TPSA) is 104 Å². The molecule has 13 heteroatoms. The molecule has 1 fully saturated rings. The molecule has 7 nitrogen and oxygen atoms in total. The fourth-order valence-corrected chi connectivity index (χ4v) is 5.48. The second-order valence-corrected chi connectivity index (χ2v) is 11.2. The van der Waals surface area contributed by atoms with Crippen LogP contribution in [0.2, 0.25) is 5.02 Å². The number of sulfone groups is 1. The molecule has 2 aromatic rings. The van der Waals surface area contributed by atoms with Gasteiger partial charge in [0.25, 0.3) is 11.8 Å². The molecule has 1 aliphatic heterocycles. The molecule has 0 aromatic heterocycles. The number of hydrogen-bond acceptors (Lipinski definition) is 6. The van der Waals surface area contributed by atoms with Crippen molar-refractivity contribution in [2.45, 2.75) is 28.5 Å². The average Bonchev–Trinajstić information content (AvgIpc) is 2.79. The molecule has 1 atom stereocenters. The predicted molar refractivity (Wildman–Crippen MR) is 122 cm³/mol. The Hall–Kier alpha value is -2.28. The van der Waals surface area contributed by atoms with E-state index in [2.05, 4.69) is 0 Å². The van der Waals surface area contributed by atoms with E-state index in [0.29, 0.717) is 18.7 Å². The Morgan fingerprint density at radius 1 is 1.06 bits per heavy atom. The van der Waals surface area contributed by atoms with E-state index in [-0.39, 0.29) is 33.3 Å². The molecule has 1 saturated heterocycles. The summed E-state index contributed by atoms with van der Waals surface area (Å²) in [5.74, 6) is -0.293. The summed E-state index contributed by atoms with van der Waals surface area (Å²) < 4.78 is 64.4. The smallest absolute Gasteiger partial charge is 0.373 e. The first-order valence-electron chi connectivity index (χ1n) is 9.87. The summed E-state index contributed by atoms with van der Waals surface area (Å²) in [7, 11) is -4.08. The Kier molecular flexibility index (Phi) is 7.56. The van der Waals surface area contributed by atoms with Crippen LogP contribution in [0.15, 0.2) is 52.3 Å². The van der Waals surface area contributed by atoms with E-state index in [0.717, 1.165) is 29.7 Å². The number of carbonyl (C=O) groups is 2. The molecule has 2 aromatic carbocycles. The van der Waals surface area contributed by atoms with Crippen LogP contribution in [0, 0.1) is 0 Å². The summed E-state index contributed by atoms with van der Waals surface area (Å²) in [5, 5.41) is 10.9. The van der Waals surface area contributed by atoms with Gasteiger partial charge in [-0.1, -0.05) is 11.6 Å². The van der Waals surface area contributed by atoms with Gasteiger partial charge < -0.3 is 15.3 Å². The third kappa shape index (κ3) is 5.35. The molecule has 2 amide bonds. The number of nitrogens with one attached hydrogen (secondary N) is 1. The molecular formula is C21H20ClF3N2O5S2. The van der Waals surface area contributed by atoms with E-state index < -0.39 is 27.5 Å². The number of benzene rings is 2. The minimum absolute atomic E-state index is 0.119. The second-order valence-electron chi connectivity index (χ2n) is 7.60. The van der Waals surface area contributed by atoms with E-state index in [1.807, 2.05) is 5.32 Å². The van der Waals surface area contributed by atoms with Crippen molar-refractivity contribution in [3.63, 3.8) is 0 Å². The van der Waals surface area contributed by atoms with Gasteiger partial charge in [-0.25, -0.2) is 8.42 Å². The van der Waals surface area contributed by atoms with Crippen LogP contribution in [0.1, 0.15) is 17.3 Å². The van der Waals surface area contributed by atoms with Crippen LogP contribution >= 0.6 is 23.4 Å². The molecule has 3 rings (SSSR count). The molecule has 0 aliphatic carbocycles. The fourth-order valence-electron chi connectivity index (χ4n) is 3.00. The van der Waals surface area contributed by atoms with Crippen molar-refractivity contribution in [1.29, 1.82) is 0 Å². The molecule has 1 heterocycles. The largest absolute Gasteiger partial charge is 0.426 e. The summed E-state index contributed by atoms with van der Waals surface area (Å²) in [6.45, 7) is 1.51. The highest BCUT2D eigenvalue weighted by molar-refractivity contribution is 7.99. The summed E-state index contributed by atoms with van der Waals surface area (Å²) in [4.78, 5) is 25.7. The maximum absolute atomic E-state index is 13.0. The summed E-state index contributed by atoms with van der Waals surface area (Å²) in [6.07, 6.45) is -5.23. The van der Waals surface area contributed by atoms with Crippen molar-refractivity contribution in [2.24, 2.45) is 0 Å². The number of amides is 2. The Morgan fingerprint density at radius 2 is 1.62 bits per heavy atom. The van der Waals surface area contributed by atoms with E-state index in [1.54, 1.807) is 16.7 Å². The van der Waals surface area contributed by atoms with Gasteiger partial charge in [0, 0.05) is 30.2 Å². The van der Waals surface area contributed by atoms with Gasteiger partial charge in [0.2, 0.25) is 15.4 Å². The van der Waals surface area contributed by atoms with Crippen molar-refractivity contribution in [2.75, 3.05) is 29.9 Å². The van der Waals surface area contributed by atoms with Gasteiger partial charge in [-0.15, -0.1) is 0 Å². The second kappa shape index (κ2) is 9.76. The number of aliphatic hydroxyl groups is 1. The zero-order chi connectivity index (χ0) is 25.3. The molecule has 0 radical (unpaired) electrons. The van der Waals surface area contributed by atoms with Crippen LogP contribution in [-0.2, 0) is 14.6 Å². The van der Waals surface area contributed by atoms with Gasteiger partial charge in [0.05, 0.1) is 20.5 Å². The summed E-state index contributed by atoms with van der Waals surface area (Å²) >= 11 is 7.74. The molecule has 184 valence electrons. The monoisotopic (exact) mass is 536 g/mol. The number of halogens is 4. The lowest BCUT2D eigenvalue weighted by molar-refractivity contribution is -0.242. The predicted octanol–water partition coefficient (Wildman–Crippen LogP) is 3.61. The minimum atomic E-state index is -5.23. The number of hydrogen-bond donors (Lipinski definition) is 2. The summed E-state index contributed by atoms with van der Waals surface area (Å²) in [6, 6.07) is 8.43. The van der Waals surface area contributed by atoms with Crippen molar-refractivity contribution in [3.05, 3.63) is 53.1 Å². The van der Waals surface area contributed by atoms with Gasteiger partial charge in [-0.2, -0.15) is 24.9 Å². The first-order chi connectivity index (χ1) is 15.7. The highest BCUT2D eigenvalue weighted by Crippen LogP contribution is 2.33. The van der Waals surface area contributed by atoms with Gasteiger partial charge in [0.15, 0.2) is 0 Å². The standard InChI is InChI=1S/C21H20ClF3N2O5S2/c1-20(30,21(23,24)25)19(29)26-17-7-6-15(12-16(17)22)34(31,32)14-4-2-13(3-5-14)18(28)27-8-10-33-11-9-27/h2-7,12,30H,8-11H2,1H3,(H,26,29)/t20-/m1/s1. The Bertz CT molecular complexity index is 1200. The Labute approximate surface area is 203 Å². The molecule has 0 unspecified atom stereocenters. The molecule has 2 N–H and O–H groups in total. The third-order valence-corrected chi connectivity index (χ3v) is 8.23. The van der Waals surface area contributed by atoms with Gasteiger partial charge in [0.1, 0.15) is 0 Å². The van der Waals surface area contributed by atoms with Crippen LogP contribution < -0.4 is 5.32 Å². The van der Waals surface area contributed by atoms with E-state index >= 15 is 0 Å². The quantitative estimate of drug-likeness (QED) is 0.605. The van der Waals surface area contributed by atoms with Crippen LogP contribution in [0.5, 0.6) is 0 Å². The van der Waals surface area contributed by atoms with Gasteiger partial charge in [-0.3, -0.25) is 9.59 Å². The zero-order valence-corrected chi connectivity index (χ0v) is 20.1. The first-order valence-corrected chi connectivity index (χ1v) is 12.9. The fraction of sp³-hybridized carbons (Fsp3) is 0.333. The normalized spacial score (nSPS) is 16.6. The van der Waals surface area contributed by atoms with Crippen LogP contribution in [0.4, 0.5) is 18.9 Å². The lowest BCUT2D eigenvalue weighted by Gasteiger charge is -2.26. The van der Waals surface area contributed by atoms with Crippen molar-refractivity contribution < 1.29 is 36.3 Å². The molecule has 34 heavy (non-hydrogen) atoms. The van der Waals surface area contributed by atoms with Gasteiger partial charge in [-0.05, 0) is 49.4 Å². The molecule has 0 bridgehead atoms. The number of alkyl halides is 3. The number of carbonyl (C=O) groups excluding carboxylic acids is 2. The zero-order valence-electron chi connectivity index (χ0n) is 17.7. The highest BCUT2D eigenvalue weighted by Gasteiger charge is 2.55. The Morgan fingerprint density at radius 3 is 2.15 bits per heavy atom. The lowest BCUT2D eigenvalue weighted by Crippen LogP contribution is -2.52. The lowest BCUT2D eigenvalue weighted by atomic mass is 10.1. The van der Waals surface area contributed by atoms with Gasteiger partial charge >= 0.3 is 6.18 Å². The maximum atomic E-state index is 13.0. The van der Waals surface area contributed by atoms with Crippen molar-refractivity contribution >= 4 is 50.7 Å². The highest BCUT2D eigenvalue weighted by atomic mass is 35.5. The van der Waals surface area contributed by atoms with E-state index in [1.165, 1.54) is 24.3 Å². The van der Waals surface area contributed by atoms with Crippen LogP contribution in [0.3, 0.4) is 0 Å². The van der Waals surface area contributed by atoms with E-state index in [9.17, 15) is 36.3 Å². The van der Waals surface area contributed by atoms with Crippen LogP contribution in [-0.4, -0.2) is 66.6 Å². The molecule has 0 spiro atoms. The van der Waals surface area contributed by atoms with Crippen molar-refractivity contribution in [1.82, 2.24) is 4.90 Å². The maximum Gasteiger partial charge on any atom is 0.426 e. The summed E-state index contributed by atoms with van der Waals surface area (Å²) in [5.41, 5.74) is -3.64. The van der Waals surface area contributed by atoms with Crippen molar-refractivity contribution in [3.8, 4) is 0 Å².